The van der Waals surface area contributed by atoms with E-state index in [2.05, 4.69) is 28.4 Å². The van der Waals surface area contributed by atoms with Gasteiger partial charge in [0.05, 0.1) is 11.5 Å². The van der Waals surface area contributed by atoms with Crippen LogP contribution in [-0.4, -0.2) is 26.7 Å². The number of pyridine rings is 2. The lowest BCUT2D eigenvalue weighted by Crippen LogP contribution is -2.29. The third kappa shape index (κ3) is 3.92. The van der Waals surface area contributed by atoms with Gasteiger partial charge in [0.1, 0.15) is 11.4 Å². The molecule has 0 atom stereocenters. The van der Waals surface area contributed by atoms with Crippen LogP contribution in [0.3, 0.4) is 0 Å². The SMILES string of the molecule is C=C(NCC(C)(C)C(=C)O)c1ncc(-c2ccc3ccncc3c2)cc1O. The maximum Gasteiger partial charge on any atom is 0.143 e. The summed E-state index contributed by atoms with van der Waals surface area (Å²) >= 11 is 0. The summed E-state index contributed by atoms with van der Waals surface area (Å²) < 4.78 is 0. The first-order valence-electron chi connectivity index (χ1n) is 8.62. The lowest BCUT2D eigenvalue weighted by atomic mass is 9.91. The van der Waals surface area contributed by atoms with Crippen molar-refractivity contribution in [2.24, 2.45) is 5.41 Å². The Bertz CT molecular complexity index is 1020. The van der Waals surface area contributed by atoms with Gasteiger partial charge in [0, 0.05) is 41.5 Å². The third-order valence-corrected chi connectivity index (χ3v) is 4.65. The van der Waals surface area contributed by atoms with Crippen LogP contribution < -0.4 is 5.32 Å². The minimum absolute atomic E-state index is 0.0388. The second kappa shape index (κ2) is 7.11. The maximum atomic E-state index is 10.4. The Hall–Kier alpha value is -3.34. The molecule has 0 amide bonds. The second-order valence-electron chi connectivity index (χ2n) is 7.19. The van der Waals surface area contributed by atoms with Gasteiger partial charge in [-0.05, 0) is 29.1 Å². The van der Waals surface area contributed by atoms with E-state index in [1.807, 2.05) is 44.3 Å². The highest BCUT2D eigenvalue weighted by Gasteiger charge is 2.22. The number of fused-ring (bicyclic) bond motifs is 1. The molecule has 0 unspecified atom stereocenters. The summed E-state index contributed by atoms with van der Waals surface area (Å²) in [7, 11) is 0. The highest BCUT2D eigenvalue weighted by Crippen LogP contribution is 2.30. The number of hydrogen-bond donors (Lipinski definition) is 3. The summed E-state index contributed by atoms with van der Waals surface area (Å²) in [5.74, 6) is 0.123. The standard InChI is InChI=1S/C22H23N3O2/c1-14(25-13-22(3,4)15(2)26)21-20(27)10-19(12-24-21)17-6-5-16-7-8-23-11-18(16)9-17/h5-12,25-27H,1-2,13H2,3-4H3. The third-order valence-electron chi connectivity index (χ3n) is 4.65. The molecule has 0 aliphatic rings. The van der Waals surface area contributed by atoms with E-state index in [1.165, 1.54) is 0 Å². The lowest BCUT2D eigenvalue weighted by Gasteiger charge is -2.24. The molecule has 138 valence electrons. The molecular weight excluding hydrogens is 338 g/mol. The normalized spacial score (nSPS) is 11.3. The Morgan fingerprint density at radius 2 is 1.85 bits per heavy atom. The molecular formula is C22H23N3O2. The largest absolute Gasteiger partial charge is 0.512 e. The van der Waals surface area contributed by atoms with Crippen LogP contribution in [-0.2, 0) is 0 Å². The predicted octanol–water partition coefficient (Wildman–Crippen LogP) is 4.66. The lowest BCUT2D eigenvalue weighted by molar-refractivity contribution is 0.259. The zero-order valence-corrected chi connectivity index (χ0v) is 15.5. The van der Waals surface area contributed by atoms with Gasteiger partial charge in [-0.15, -0.1) is 0 Å². The van der Waals surface area contributed by atoms with E-state index in [1.54, 1.807) is 18.5 Å². The fourth-order valence-electron chi connectivity index (χ4n) is 2.62. The van der Waals surface area contributed by atoms with E-state index in [0.29, 0.717) is 17.9 Å². The number of aromatic hydroxyl groups is 1. The van der Waals surface area contributed by atoms with Crippen molar-refractivity contribution in [3.63, 3.8) is 0 Å². The Kier molecular flexibility index (Phi) is 4.86. The van der Waals surface area contributed by atoms with Gasteiger partial charge in [-0.3, -0.25) is 9.97 Å². The van der Waals surface area contributed by atoms with Gasteiger partial charge >= 0.3 is 0 Å². The molecule has 5 heteroatoms. The summed E-state index contributed by atoms with van der Waals surface area (Å²) in [5, 5.41) is 25.3. The van der Waals surface area contributed by atoms with Crippen molar-refractivity contribution in [3.05, 3.63) is 73.5 Å². The van der Waals surface area contributed by atoms with Gasteiger partial charge in [-0.2, -0.15) is 0 Å². The second-order valence-corrected chi connectivity index (χ2v) is 7.19. The van der Waals surface area contributed by atoms with Crippen molar-refractivity contribution in [3.8, 4) is 16.9 Å². The number of nitrogens with zero attached hydrogens (tertiary/aromatic N) is 2. The molecule has 0 radical (unpaired) electrons. The number of benzene rings is 1. The number of aliphatic hydroxyl groups excluding tert-OH is 1. The fourth-order valence-corrected chi connectivity index (χ4v) is 2.62. The van der Waals surface area contributed by atoms with Gasteiger partial charge < -0.3 is 15.5 Å². The summed E-state index contributed by atoms with van der Waals surface area (Å²) in [5.41, 5.74) is 2.09. The molecule has 5 nitrogen and oxygen atoms in total. The van der Waals surface area contributed by atoms with E-state index in [9.17, 15) is 10.2 Å². The van der Waals surface area contributed by atoms with Crippen LogP contribution in [0, 0.1) is 5.41 Å². The monoisotopic (exact) mass is 361 g/mol. The molecule has 1 aromatic carbocycles. The van der Waals surface area contributed by atoms with Crippen LogP contribution >= 0.6 is 0 Å². The van der Waals surface area contributed by atoms with Gasteiger partial charge in [0.15, 0.2) is 0 Å². The quantitative estimate of drug-likeness (QED) is 0.557. The first kappa shape index (κ1) is 18.5. The molecule has 2 heterocycles. The number of rotatable bonds is 6. The van der Waals surface area contributed by atoms with Crippen molar-refractivity contribution in [2.45, 2.75) is 13.8 Å². The summed E-state index contributed by atoms with van der Waals surface area (Å²) in [6.45, 7) is 11.7. The molecule has 3 N–H and O–H groups in total. The minimum atomic E-state index is -0.516. The molecule has 0 aliphatic heterocycles. The topological polar surface area (TPSA) is 78.3 Å². The van der Waals surface area contributed by atoms with Gasteiger partial charge in [-0.25, -0.2) is 0 Å². The maximum absolute atomic E-state index is 10.4. The molecule has 0 spiro atoms. The highest BCUT2D eigenvalue weighted by molar-refractivity contribution is 5.86. The van der Waals surface area contributed by atoms with E-state index >= 15 is 0 Å². The molecule has 27 heavy (non-hydrogen) atoms. The van der Waals surface area contributed by atoms with E-state index in [4.69, 9.17) is 0 Å². The highest BCUT2D eigenvalue weighted by atomic mass is 16.3. The molecule has 0 saturated carbocycles. The molecule has 0 saturated heterocycles. The molecule has 0 aliphatic carbocycles. The first-order chi connectivity index (χ1) is 12.8. The van der Waals surface area contributed by atoms with Crippen LogP contribution in [0.25, 0.3) is 27.6 Å². The van der Waals surface area contributed by atoms with Crippen molar-refractivity contribution in [1.82, 2.24) is 15.3 Å². The van der Waals surface area contributed by atoms with Crippen LogP contribution in [0.4, 0.5) is 0 Å². The number of hydrogen-bond acceptors (Lipinski definition) is 5. The van der Waals surface area contributed by atoms with Gasteiger partial charge in [0.25, 0.3) is 0 Å². The summed E-state index contributed by atoms with van der Waals surface area (Å²) in [6.07, 6.45) is 5.27. The van der Waals surface area contributed by atoms with Gasteiger partial charge in [0.2, 0.25) is 0 Å². The fraction of sp³-hybridized carbons (Fsp3) is 0.182. The Balaban J connectivity index is 1.82. The van der Waals surface area contributed by atoms with Crippen molar-refractivity contribution >= 4 is 16.5 Å². The zero-order valence-electron chi connectivity index (χ0n) is 15.5. The molecule has 2 aromatic heterocycles. The Morgan fingerprint density at radius 3 is 2.56 bits per heavy atom. The van der Waals surface area contributed by atoms with E-state index < -0.39 is 5.41 Å². The first-order valence-corrected chi connectivity index (χ1v) is 8.62. The van der Waals surface area contributed by atoms with Gasteiger partial charge in [-0.1, -0.05) is 39.1 Å². The smallest absolute Gasteiger partial charge is 0.143 e. The van der Waals surface area contributed by atoms with Crippen LogP contribution in [0.15, 0.2) is 67.8 Å². The Labute approximate surface area is 158 Å². The van der Waals surface area contributed by atoms with Crippen LogP contribution in [0.2, 0.25) is 0 Å². The number of nitrogens with one attached hydrogen (secondary N) is 1. The molecule has 0 fully saturated rings. The predicted molar refractivity (Wildman–Crippen MR) is 109 cm³/mol. The van der Waals surface area contributed by atoms with Crippen LogP contribution in [0.5, 0.6) is 5.75 Å². The summed E-state index contributed by atoms with van der Waals surface area (Å²) in [4.78, 5) is 8.51. The van der Waals surface area contributed by atoms with Crippen LogP contribution in [0.1, 0.15) is 19.5 Å². The molecule has 3 rings (SSSR count). The minimum Gasteiger partial charge on any atom is -0.512 e. The van der Waals surface area contributed by atoms with Crippen molar-refractivity contribution < 1.29 is 10.2 Å². The van der Waals surface area contributed by atoms with Crippen molar-refractivity contribution in [2.75, 3.05) is 6.54 Å². The van der Waals surface area contributed by atoms with E-state index in [-0.39, 0.29) is 11.5 Å². The summed E-state index contributed by atoms with van der Waals surface area (Å²) in [6, 6.07) is 9.64. The average Bonchev–Trinajstić information content (AvgIpc) is 2.65. The van der Waals surface area contributed by atoms with Crippen molar-refractivity contribution in [1.29, 1.82) is 0 Å². The molecule has 0 bridgehead atoms. The average molecular weight is 361 g/mol. The Morgan fingerprint density at radius 1 is 1.07 bits per heavy atom. The number of aliphatic hydroxyl groups is 1. The number of aromatic nitrogens is 2. The molecule has 3 aromatic rings. The van der Waals surface area contributed by atoms with E-state index in [0.717, 1.165) is 21.9 Å². The zero-order chi connectivity index (χ0) is 19.6.